The Morgan fingerprint density at radius 2 is 1.88 bits per heavy atom. The topological polar surface area (TPSA) is 41.6 Å². The second kappa shape index (κ2) is 7.68. The lowest BCUT2D eigenvalue weighted by atomic mass is 10.1. The number of rotatable bonds is 4. The fourth-order valence-corrected chi connectivity index (χ4v) is 4.27. The molecule has 1 N–H and O–H groups in total. The Bertz CT molecular complexity index is 767. The first kappa shape index (κ1) is 17.4. The summed E-state index contributed by atoms with van der Waals surface area (Å²) in [4.78, 5) is 14.7. The molecule has 2 aromatic rings. The van der Waals surface area contributed by atoms with Gasteiger partial charge in [0.1, 0.15) is 5.75 Å². The minimum Gasteiger partial charge on any atom is -0.482 e. The van der Waals surface area contributed by atoms with Crippen molar-refractivity contribution in [1.82, 2.24) is 10.2 Å². The molecule has 0 aliphatic carbocycles. The highest BCUT2D eigenvalue weighted by Crippen LogP contribution is 2.31. The summed E-state index contributed by atoms with van der Waals surface area (Å²) in [6.07, 6.45) is 3.20. The normalized spacial score (nSPS) is 22.1. The van der Waals surface area contributed by atoms with E-state index in [0.717, 1.165) is 43.5 Å². The van der Waals surface area contributed by atoms with Gasteiger partial charge in [-0.15, -0.1) is 0 Å². The molecule has 2 heterocycles. The van der Waals surface area contributed by atoms with E-state index in [2.05, 4.69) is 5.32 Å². The summed E-state index contributed by atoms with van der Waals surface area (Å²) in [5.41, 5.74) is 2.14. The lowest BCUT2D eigenvalue weighted by Gasteiger charge is -2.27. The number of nitrogens with zero attached hydrogens (tertiary/aromatic N) is 1. The van der Waals surface area contributed by atoms with Crippen molar-refractivity contribution in [2.45, 2.75) is 31.3 Å². The molecule has 2 aliphatic rings. The van der Waals surface area contributed by atoms with Crippen LogP contribution in [0.3, 0.4) is 0 Å². The summed E-state index contributed by atoms with van der Waals surface area (Å²) in [6, 6.07) is 16.4. The maximum atomic E-state index is 12.7. The highest BCUT2D eigenvalue weighted by Gasteiger charge is 2.37. The number of hydrogen-bond donors (Lipinski definition) is 1. The number of carbonyl (C=O) groups excluding carboxylic acids is 1. The van der Waals surface area contributed by atoms with E-state index >= 15 is 0 Å². The Labute approximate surface area is 159 Å². The SMILES string of the molecule is O=C(COc1ccc(-c2ccccc2)cc1Cl)N1C2CCNCC1CC2. The lowest BCUT2D eigenvalue weighted by Crippen LogP contribution is -2.44. The Hall–Kier alpha value is -2.04. The Morgan fingerprint density at radius 1 is 1.08 bits per heavy atom. The van der Waals surface area contributed by atoms with E-state index in [4.69, 9.17) is 16.3 Å². The average Bonchev–Trinajstić information content (AvgIpc) is 2.94. The molecule has 2 fully saturated rings. The van der Waals surface area contributed by atoms with Crippen LogP contribution in [0.1, 0.15) is 19.3 Å². The van der Waals surface area contributed by atoms with Crippen LogP contribution in [0.4, 0.5) is 0 Å². The first-order chi connectivity index (χ1) is 12.7. The smallest absolute Gasteiger partial charge is 0.261 e. The molecule has 1 amide bonds. The summed E-state index contributed by atoms with van der Waals surface area (Å²) in [6.45, 7) is 1.91. The van der Waals surface area contributed by atoms with Crippen molar-refractivity contribution < 1.29 is 9.53 Å². The van der Waals surface area contributed by atoms with Crippen LogP contribution in [0.25, 0.3) is 11.1 Å². The molecule has 2 unspecified atom stereocenters. The van der Waals surface area contributed by atoms with E-state index in [0.29, 0.717) is 22.9 Å². The minimum atomic E-state index is 0.0391. The number of halogens is 1. The van der Waals surface area contributed by atoms with Crippen LogP contribution in [-0.2, 0) is 4.79 Å². The summed E-state index contributed by atoms with van der Waals surface area (Å²) < 4.78 is 5.76. The van der Waals surface area contributed by atoms with Gasteiger partial charge < -0.3 is 15.0 Å². The van der Waals surface area contributed by atoms with Gasteiger partial charge in [-0.1, -0.05) is 48.0 Å². The van der Waals surface area contributed by atoms with Crippen molar-refractivity contribution in [3.05, 3.63) is 53.6 Å². The van der Waals surface area contributed by atoms with Crippen LogP contribution in [0.15, 0.2) is 48.5 Å². The highest BCUT2D eigenvalue weighted by atomic mass is 35.5. The summed E-state index contributed by atoms with van der Waals surface area (Å²) in [7, 11) is 0. The van der Waals surface area contributed by atoms with Crippen LogP contribution in [-0.4, -0.2) is 42.6 Å². The predicted molar refractivity (Wildman–Crippen MR) is 104 cm³/mol. The lowest BCUT2D eigenvalue weighted by molar-refractivity contribution is -0.135. The average molecular weight is 371 g/mol. The van der Waals surface area contributed by atoms with Gasteiger partial charge in [0, 0.05) is 18.6 Å². The highest BCUT2D eigenvalue weighted by molar-refractivity contribution is 6.32. The number of benzene rings is 2. The third kappa shape index (κ3) is 3.57. The number of ether oxygens (including phenoxy) is 1. The molecule has 2 atom stereocenters. The van der Waals surface area contributed by atoms with Gasteiger partial charge in [-0.2, -0.15) is 0 Å². The van der Waals surface area contributed by atoms with E-state index in [1.165, 1.54) is 0 Å². The van der Waals surface area contributed by atoms with Gasteiger partial charge in [0.05, 0.1) is 5.02 Å². The molecule has 4 rings (SSSR count). The molecule has 0 radical (unpaired) electrons. The summed E-state index contributed by atoms with van der Waals surface area (Å²) in [5, 5.41) is 3.94. The van der Waals surface area contributed by atoms with Crippen LogP contribution >= 0.6 is 11.6 Å². The van der Waals surface area contributed by atoms with Crippen LogP contribution < -0.4 is 10.1 Å². The molecular formula is C21H23ClN2O2. The number of nitrogens with one attached hydrogen (secondary N) is 1. The third-order valence-corrected chi connectivity index (χ3v) is 5.63. The summed E-state index contributed by atoms with van der Waals surface area (Å²) >= 11 is 6.38. The maximum Gasteiger partial charge on any atom is 0.261 e. The number of fused-ring (bicyclic) bond motifs is 2. The second-order valence-corrected chi connectivity index (χ2v) is 7.39. The van der Waals surface area contributed by atoms with Crippen molar-refractivity contribution >= 4 is 17.5 Å². The van der Waals surface area contributed by atoms with E-state index in [1.54, 1.807) is 0 Å². The zero-order valence-corrected chi connectivity index (χ0v) is 15.4. The van der Waals surface area contributed by atoms with Gasteiger partial charge in [0.2, 0.25) is 0 Å². The molecule has 2 bridgehead atoms. The van der Waals surface area contributed by atoms with Crippen molar-refractivity contribution in [1.29, 1.82) is 0 Å². The van der Waals surface area contributed by atoms with E-state index in [-0.39, 0.29) is 12.5 Å². The monoisotopic (exact) mass is 370 g/mol. The fraction of sp³-hybridized carbons (Fsp3) is 0.381. The van der Waals surface area contributed by atoms with Gasteiger partial charge in [-0.3, -0.25) is 4.79 Å². The minimum absolute atomic E-state index is 0.0391. The van der Waals surface area contributed by atoms with Gasteiger partial charge in [0.25, 0.3) is 5.91 Å². The van der Waals surface area contributed by atoms with E-state index in [9.17, 15) is 4.79 Å². The third-order valence-electron chi connectivity index (χ3n) is 5.33. The molecule has 2 aromatic carbocycles. The molecule has 136 valence electrons. The van der Waals surface area contributed by atoms with E-state index in [1.807, 2.05) is 53.4 Å². The molecular weight excluding hydrogens is 348 g/mol. The van der Waals surface area contributed by atoms with Crippen LogP contribution in [0.2, 0.25) is 5.02 Å². The van der Waals surface area contributed by atoms with Gasteiger partial charge in [-0.25, -0.2) is 0 Å². The first-order valence-electron chi connectivity index (χ1n) is 9.22. The first-order valence-corrected chi connectivity index (χ1v) is 9.60. The fourth-order valence-electron chi connectivity index (χ4n) is 4.03. The van der Waals surface area contributed by atoms with E-state index < -0.39 is 0 Å². The van der Waals surface area contributed by atoms with Gasteiger partial charge in [0.15, 0.2) is 6.61 Å². The predicted octanol–water partition coefficient (Wildman–Crippen LogP) is 3.74. The molecule has 2 aliphatic heterocycles. The largest absolute Gasteiger partial charge is 0.482 e. The van der Waals surface area contributed by atoms with Crippen LogP contribution in [0, 0.1) is 0 Å². The maximum absolute atomic E-state index is 12.7. The molecule has 26 heavy (non-hydrogen) atoms. The van der Waals surface area contributed by atoms with Crippen molar-refractivity contribution in [3.63, 3.8) is 0 Å². The molecule has 5 heteroatoms. The van der Waals surface area contributed by atoms with Crippen molar-refractivity contribution in [3.8, 4) is 16.9 Å². The standard InChI is InChI=1S/C21H23ClN2O2/c22-19-12-16(15-4-2-1-3-5-15)6-9-20(19)26-14-21(25)24-17-7-8-18(24)13-23-11-10-17/h1-6,9,12,17-18,23H,7-8,10-11,13-14H2. The van der Waals surface area contributed by atoms with Crippen molar-refractivity contribution in [2.24, 2.45) is 0 Å². The Kier molecular flexibility index (Phi) is 5.14. The number of hydrogen-bond acceptors (Lipinski definition) is 3. The zero-order valence-electron chi connectivity index (χ0n) is 14.7. The van der Waals surface area contributed by atoms with Crippen LogP contribution in [0.5, 0.6) is 5.75 Å². The van der Waals surface area contributed by atoms with Crippen molar-refractivity contribution in [2.75, 3.05) is 19.7 Å². The number of amides is 1. The van der Waals surface area contributed by atoms with Gasteiger partial charge >= 0.3 is 0 Å². The summed E-state index contributed by atoms with van der Waals surface area (Å²) in [5.74, 6) is 0.615. The number of carbonyl (C=O) groups is 1. The zero-order chi connectivity index (χ0) is 17.9. The molecule has 4 nitrogen and oxygen atoms in total. The Morgan fingerprint density at radius 3 is 2.69 bits per heavy atom. The quantitative estimate of drug-likeness (QED) is 0.891. The molecule has 0 spiro atoms. The molecule has 0 aromatic heterocycles. The molecule has 0 saturated carbocycles. The second-order valence-electron chi connectivity index (χ2n) is 6.98. The molecule has 2 saturated heterocycles. The Balaban J connectivity index is 1.42. The van der Waals surface area contributed by atoms with Gasteiger partial charge in [-0.05, 0) is 49.1 Å².